The van der Waals surface area contributed by atoms with Gasteiger partial charge in [-0.15, -0.1) is 10.2 Å². The van der Waals surface area contributed by atoms with E-state index in [0.717, 1.165) is 17.1 Å². The van der Waals surface area contributed by atoms with Gasteiger partial charge in [0, 0.05) is 31.9 Å². The lowest BCUT2D eigenvalue weighted by Gasteiger charge is -2.34. The molecule has 0 radical (unpaired) electrons. The first-order chi connectivity index (χ1) is 15.6. The summed E-state index contributed by atoms with van der Waals surface area (Å²) in [5.41, 5.74) is 3.26. The van der Waals surface area contributed by atoms with Crippen LogP contribution < -0.4 is 10.2 Å². The molecule has 1 aromatic heterocycles. The monoisotopic (exact) mass is 465 g/mol. The van der Waals surface area contributed by atoms with Gasteiger partial charge >= 0.3 is 0 Å². The number of sulfonamides is 1. The molecule has 1 aliphatic rings. The van der Waals surface area contributed by atoms with E-state index in [1.165, 1.54) is 5.56 Å². The van der Waals surface area contributed by atoms with Gasteiger partial charge in [-0.2, -0.15) is 4.31 Å². The molecule has 8 heteroatoms. The van der Waals surface area contributed by atoms with Crippen molar-refractivity contribution in [2.45, 2.75) is 38.0 Å². The summed E-state index contributed by atoms with van der Waals surface area (Å²) in [4.78, 5) is 2.41. The Bertz CT molecular complexity index is 1180. The molecule has 33 heavy (non-hydrogen) atoms. The lowest BCUT2D eigenvalue weighted by Crippen LogP contribution is -2.49. The van der Waals surface area contributed by atoms with Gasteiger partial charge in [0.15, 0.2) is 11.6 Å². The number of nitrogens with one attached hydrogen (secondary N) is 1. The van der Waals surface area contributed by atoms with Crippen molar-refractivity contribution in [2.75, 3.05) is 36.4 Å². The maximum absolute atomic E-state index is 13.1. The lowest BCUT2D eigenvalue weighted by atomic mass is 9.87. The molecule has 0 spiro atoms. The minimum atomic E-state index is -3.51. The topological polar surface area (TPSA) is 78.4 Å². The Hall–Kier alpha value is -2.97. The fourth-order valence-corrected chi connectivity index (χ4v) is 5.20. The van der Waals surface area contributed by atoms with Gasteiger partial charge < -0.3 is 10.2 Å². The van der Waals surface area contributed by atoms with E-state index in [4.69, 9.17) is 0 Å². The van der Waals surface area contributed by atoms with Gasteiger partial charge in [-0.05, 0) is 54.3 Å². The van der Waals surface area contributed by atoms with Gasteiger partial charge in [0.1, 0.15) is 0 Å². The quantitative estimate of drug-likeness (QED) is 0.604. The van der Waals surface area contributed by atoms with E-state index >= 15 is 0 Å². The second kappa shape index (κ2) is 9.11. The number of benzene rings is 2. The van der Waals surface area contributed by atoms with E-state index in [1.807, 2.05) is 55.5 Å². The molecule has 0 atom stereocenters. The van der Waals surface area contributed by atoms with Crippen LogP contribution in [0.2, 0.25) is 0 Å². The average molecular weight is 466 g/mol. The Kier molecular flexibility index (Phi) is 6.41. The second-order valence-electron chi connectivity index (χ2n) is 9.43. The molecule has 4 rings (SSSR count). The SMILES string of the molecule is Cc1ccc(Nc2ccc(N3CCN(S(=O)(=O)c4ccc(C(C)(C)C)cc4)CC3)nn2)cc1. The summed E-state index contributed by atoms with van der Waals surface area (Å²) < 4.78 is 27.8. The molecule has 0 bridgehead atoms. The first kappa shape index (κ1) is 23.2. The highest BCUT2D eigenvalue weighted by Crippen LogP contribution is 2.26. The predicted octanol–water partition coefficient (Wildman–Crippen LogP) is 4.34. The van der Waals surface area contributed by atoms with Gasteiger partial charge in [-0.3, -0.25) is 0 Å². The molecular formula is C25H31N5O2S. The molecule has 0 aliphatic carbocycles. The Morgan fingerprint density at radius 2 is 1.45 bits per heavy atom. The number of aryl methyl sites for hydroxylation is 1. The van der Waals surface area contributed by atoms with Crippen molar-refractivity contribution in [3.8, 4) is 0 Å². The summed E-state index contributed by atoms with van der Waals surface area (Å²) in [5, 5.41) is 11.9. The fraction of sp³-hybridized carbons (Fsp3) is 0.360. The van der Waals surface area contributed by atoms with Crippen LogP contribution in [0.3, 0.4) is 0 Å². The van der Waals surface area contributed by atoms with E-state index in [1.54, 1.807) is 16.4 Å². The Labute approximate surface area is 196 Å². The van der Waals surface area contributed by atoms with Crippen LogP contribution >= 0.6 is 0 Å². The van der Waals surface area contributed by atoms with E-state index in [2.05, 4.69) is 41.2 Å². The van der Waals surface area contributed by atoms with Crippen molar-refractivity contribution in [1.29, 1.82) is 0 Å². The molecule has 1 aliphatic heterocycles. The predicted molar refractivity (Wildman–Crippen MR) is 133 cm³/mol. The number of nitrogens with zero attached hydrogens (tertiary/aromatic N) is 4. The van der Waals surface area contributed by atoms with Crippen molar-refractivity contribution >= 4 is 27.3 Å². The Morgan fingerprint density at radius 3 is 2.00 bits per heavy atom. The zero-order valence-electron chi connectivity index (χ0n) is 19.6. The smallest absolute Gasteiger partial charge is 0.243 e. The molecule has 0 unspecified atom stereocenters. The van der Waals surface area contributed by atoms with Crippen LogP contribution in [0.5, 0.6) is 0 Å². The highest BCUT2D eigenvalue weighted by molar-refractivity contribution is 7.89. The van der Waals surface area contributed by atoms with E-state index in [0.29, 0.717) is 36.9 Å². The van der Waals surface area contributed by atoms with E-state index < -0.39 is 10.0 Å². The Balaban J connectivity index is 1.37. The van der Waals surface area contributed by atoms with Crippen molar-refractivity contribution in [1.82, 2.24) is 14.5 Å². The summed E-state index contributed by atoms with van der Waals surface area (Å²) in [6, 6.07) is 19.1. The third kappa shape index (κ3) is 5.34. The molecule has 174 valence electrons. The van der Waals surface area contributed by atoms with E-state index in [-0.39, 0.29) is 5.41 Å². The number of rotatable bonds is 5. The molecule has 0 saturated carbocycles. The minimum Gasteiger partial charge on any atom is -0.352 e. The second-order valence-corrected chi connectivity index (χ2v) is 11.4. The number of aromatic nitrogens is 2. The molecule has 1 saturated heterocycles. The zero-order valence-corrected chi connectivity index (χ0v) is 20.4. The molecule has 7 nitrogen and oxygen atoms in total. The van der Waals surface area contributed by atoms with Crippen molar-refractivity contribution in [3.05, 3.63) is 71.8 Å². The minimum absolute atomic E-state index is 0.0137. The summed E-state index contributed by atoms with van der Waals surface area (Å²) >= 11 is 0. The summed E-state index contributed by atoms with van der Waals surface area (Å²) in [6.45, 7) is 10.4. The van der Waals surface area contributed by atoms with Crippen LogP contribution in [0.4, 0.5) is 17.3 Å². The molecule has 3 aromatic rings. The van der Waals surface area contributed by atoms with Crippen LogP contribution in [-0.4, -0.2) is 49.1 Å². The first-order valence-electron chi connectivity index (χ1n) is 11.2. The van der Waals surface area contributed by atoms with Gasteiger partial charge in [0.25, 0.3) is 0 Å². The highest BCUT2D eigenvalue weighted by atomic mass is 32.2. The zero-order chi connectivity index (χ0) is 23.6. The van der Waals surface area contributed by atoms with Crippen LogP contribution in [-0.2, 0) is 15.4 Å². The van der Waals surface area contributed by atoms with Crippen molar-refractivity contribution in [3.63, 3.8) is 0 Å². The van der Waals surface area contributed by atoms with Gasteiger partial charge in [-0.25, -0.2) is 8.42 Å². The maximum Gasteiger partial charge on any atom is 0.243 e. The third-order valence-corrected chi connectivity index (χ3v) is 7.81. The highest BCUT2D eigenvalue weighted by Gasteiger charge is 2.29. The van der Waals surface area contributed by atoms with Gasteiger partial charge in [0.05, 0.1) is 4.90 Å². The lowest BCUT2D eigenvalue weighted by molar-refractivity contribution is 0.383. The van der Waals surface area contributed by atoms with Crippen LogP contribution in [0, 0.1) is 6.92 Å². The number of anilines is 3. The van der Waals surface area contributed by atoms with Crippen LogP contribution in [0.1, 0.15) is 31.9 Å². The summed E-state index contributed by atoms with van der Waals surface area (Å²) in [5.74, 6) is 1.42. The average Bonchev–Trinajstić information content (AvgIpc) is 2.81. The van der Waals surface area contributed by atoms with Crippen LogP contribution in [0.25, 0.3) is 0 Å². The summed E-state index contributed by atoms with van der Waals surface area (Å²) in [6.07, 6.45) is 0. The molecule has 0 amide bonds. The number of hydrogen-bond donors (Lipinski definition) is 1. The molecular weight excluding hydrogens is 434 g/mol. The molecule has 2 aromatic carbocycles. The van der Waals surface area contributed by atoms with Gasteiger partial charge in [0.2, 0.25) is 10.0 Å². The largest absolute Gasteiger partial charge is 0.352 e. The molecule has 1 N–H and O–H groups in total. The standard InChI is InChI=1S/C25H31N5O2S/c1-19-5-9-21(10-6-19)26-23-13-14-24(28-27-23)29-15-17-30(18-16-29)33(31,32)22-11-7-20(8-12-22)25(2,3)4/h5-14H,15-18H2,1-4H3,(H,26,27). The van der Waals surface area contributed by atoms with Crippen molar-refractivity contribution in [2.24, 2.45) is 0 Å². The maximum atomic E-state index is 13.1. The normalized spacial score (nSPS) is 15.5. The van der Waals surface area contributed by atoms with Crippen molar-refractivity contribution < 1.29 is 8.42 Å². The Morgan fingerprint density at radius 1 is 0.818 bits per heavy atom. The van der Waals surface area contributed by atoms with Gasteiger partial charge in [-0.1, -0.05) is 50.6 Å². The third-order valence-electron chi connectivity index (χ3n) is 5.90. The molecule has 2 heterocycles. The van der Waals surface area contributed by atoms with E-state index in [9.17, 15) is 8.42 Å². The number of piperazine rings is 1. The summed E-state index contributed by atoms with van der Waals surface area (Å²) in [7, 11) is -3.51. The number of hydrogen-bond acceptors (Lipinski definition) is 6. The fourth-order valence-electron chi connectivity index (χ4n) is 3.78. The first-order valence-corrected chi connectivity index (χ1v) is 12.6. The van der Waals surface area contributed by atoms with Crippen LogP contribution in [0.15, 0.2) is 65.6 Å². The molecule has 1 fully saturated rings.